The van der Waals surface area contributed by atoms with E-state index in [4.69, 9.17) is 18.6 Å². The lowest BCUT2D eigenvalue weighted by Crippen LogP contribution is -2.06. The van der Waals surface area contributed by atoms with Gasteiger partial charge in [-0.25, -0.2) is 0 Å². The smallest absolute Gasteiger partial charge is 0.235 e. The van der Waals surface area contributed by atoms with Crippen LogP contribution in [0.15, 0.2) is 100 Å². The Morgan fingerprint density at radius 2 is 1.55 bits per heavy atom. The van der Waals surface area contributed by atoms with Crippen molar-refractivity contribution in [2.75, 3.05) is 6.61 Å². The van der Waals surface area contributed by atoms with Crippen LogP contribution < -0.4 is 19.6 Å². The van der Waals surface area contributed by atoms with Crippen molar-refractivity contribution in [2.45, 2.75) is 13.5 Å². The maximum absolute atomic E-state index is 13.0. The van der Waals surface area contributed by atoms with Crippen LogP contribution in [-0.2, 0) is 6.61 Å². The van der Waals surface area contributed by atoms with E-state index in [9.17, 15) is 4.79 Å². The van der Waals surface area contributed by atoms with E-state index in [1.54, 1.807) is 30.3 Å². The van der Waals surface area contributed by atoms with Crippen molar-refractivity contribution < 1.29 is 18.6 Å². The number of benzene rings is 4. The van der Waals surface area contributed by atoms with Crippen molar-refractivity contribution in [1.29, 1.82) is 0 Å². The van der Waals surface area contributed by atoms with Crippen LogP contribution in [0.25, 0.3) is 21.7 Å². The lowest BCUT2D eigenvalue weighted by Gasteiger charge is -2.11. The minimum Gasteiger partial charge on any atom is -0.490 e. The number of ether oxygens (including phenoxy) is 3. The highest BCUT2D eigenvalue weighted by atomic mass is 16.5. The van der Waals surface area contributed by atoms with Crippen LogP contribution in [0.2, 0.25) is 0 Å². The zero-order valence-electron chi connectivity index (χ0n) is 18.1. The van der Waals surface area contributed by atoms with Crippen LogP contribution in [0.3, 0.4) is 0 Å². The van der Waals surface area contributed by atoms with Gasteiger partial charge in [-0.1, -0.05) is 54.6 Å². The quantitative estimate of drug-likeness (QED) is 0.282. The Balaban J connectivity index is 1.39. The van der Waals surface area contributed by atoms with Gasteiger partial charge in [0, 0.05) is 6.07 Å². The highest BCUT2D eigenvalue weighted by Crippen LogP contribution is 2.31. The Bertz CT molecular complexity index is 1480. The van der Waals surface area contributed by atoms with E-state index < -0.39 is 0 Å². The molecule has 0 bridgehead atoms. The molecule has 0 amide bonds. The molecule has 0 aliphatic heterocycles. The monoisotopic (exact) mass is 438 g/mol. The van der Waals surface area contributed by atoms with Gasteiger partial charge in [0.25, 0.3) is 0 Å². The summed E-state index contributed by atoms with van der Waals surface area (Å²) in [6.07, 6.45) is 1.32. The highest BCUT2D eigenvalue weighted by Gasteiger charge is 2.13. The fourth-order valence-corrected chi connectivity index (χ4v) is 3.76. The van der Waals surface area contributed by atoms with E-state index in [0.29, 0.717) is 41.4 Å². The standard InChI is InChI=1S/C28H22O5/c1-2-30-24-12-5-6-13-25(24)33-27-18-32-26-16-21(14-15-23(26)28(27)29)31-17-20-10-7-9-19-8-3-4-11-22(19)20/h3-16,18H,2,17H2,1H3. The average Bonchev–Trinajstić information content (AvgIpc) is 2.85. The fraction of sp³-hybridized carbons (Fsp3) is 0.107. The number of hydrogen-bond acceptors (Lipinski definition) is 5. The van der Waals surface area contributed by atoms with Gasteiger partial charge >= 0.3 is 0 Å². The van der Waals surface area contributed by atoms with Crippen molar-refractivity contribution in [2.24, 2.45) is 0 Å². The first-order chi connectivity index (χ1) is 16.2. The van der Waals surface area contributed by atoms with Gasteiger partial charge in [0.15, 0.2) is 11.5 Å². The molecule has 0 saturated heterocycles. The third kappa shape index (κ3) is 4.26. The van der Waals surface area contributed by atoms with Crippen molar-refractivity contribution in [3.8, 4) is 23.0 Å². The molecule has 1 aromatic heterocycles. The molecule has 5 rings (SSSR count). The van der Waals surface area contributed by atoms with Crippen molar-refractivity contribution >= 4 is 21.7 Å². The second-order valence-electron chi connectivity index (χ2n) is 7.50. The summed E-state index contributed by atoms with van der Waals surface area (Å²) >= 11 is 0. The van der Waals surface area contributed by atoms with E-state index in [1.807, 2.05) is 43.3 Å². The molecular formula is C28H22O5. The maximum atomic E-state index is 13.0. The van der Waals surface area contributed by atoms with Gasteiger partial charge in [0.1, 0.15) is 24.2 Å². The van der Waals surface area contributed by atoms with E-state index in [-0.39, 0.29) is 11.2 Å². The average molecular weight is 438 g/mol. The van der Waals surface area contributed by atoms with Crippen LogP contribution in [0.5, 0.6) is 23.0 Å². The zero-order valence-corrected chi connectivity index (χ0v) is 18.1. The Labute approximate surface area is 190 Å². The first-order valence-electron chi connectivity index (χ1n) is 10.8. The van der Waals surface area contributed by atoms with Crippen LogP contribution in [0, 0.1) is 0 Å². The molecule has 0 N–H and O–H groups in total. The molecule has 164 valence electrons. The van der Waals surface area contributed by atoms with E-state index in [1.165, 1.54) is 11.6 Å². The Morgan fingerprint density at radius 3 is 2.42 bits per heavy atom. The molecule has 5 nitrogen and oxygen atoms in total. The molecule has 0 spiro atoms. The first kappa shape index (κ1) is 20.6. The fourth-order valence-electron chi connectivity index (χ4n) is 3.76. The van der Waals surface area contributed by atoms with Crippen molar-refractivity contribution in [3.63, 3.8) is 0 Å². The molecule has 33 heavy (non-hydrogen) atoms. The lowest BCUT2D eigenvalue weighted by molar-refractivity contribution is 0.307. The predicted octanol–water partition coefficient (Wildman–Crippen LogP) is 6.72. The Kier molecular flexibility index (Phi) is 5.68. The topological polar surface area (TPSA) is 57.9 Å². The predicted molar refractivity (Wildman–Crippen MR) is 128 cm³/mol. The summed E-state index contributed by atoms with van der Waals surface area (Å²) < 4.78 is 23.1. The summed E-state index contributed by atoms with van der Waals surface area (Å²) in [5.41, 5.74) is 1.26. The van der Waals surface area contributed by atoms with Gasteiger partial charge in [0.2, 0.25) is 11.2 Å². The van der Waals surface area contributed by atoms with Crippen molar-refractivity contribution in [1.82, 2.24) is 0 Å². The van der Waals surface area contributed by atoms with Gasteiger partial charge < -0.3 is 18.6 Å². The number of hydrogen-bond donors (Lipinski definition) is 0. The molecule has 4 aromatic carbocycles. The van der Waals surface area contributed by atoms with Crippen LogP contribution >= 0.6 is 0 Å². The zero-order chi connectivity index (χ0) is 22.6. The van der Waals surface area contributed by atoms with E-state index >= 15 is 0 Å². The molecule has 0 aliphatic rings. The summed E-state index contributed by atoms with van der Waals surface area (Å²) in [5.74, 6) is 1.74. The normalized spacial score (nSPS) is 10.9. The summed E-state index contributed by atoms with van der Waals surface area (Å²) in [6.45, 7) is 2.79. The number of fused-ring (bicyclic) bond motifs is 2. The summed E-state index contributed by atoms with van der Waals surface area (Å²) in [4.78, 5) is 13.0. The third-order valence-electron chi connectivity index (χ3n) is 5.36. The van der Waals surface area contributed by atoms with Crippen LogP contribution in [-0.4, -0.2) is 6.61 Å². The SMILES string of the molecule is CCOc1ccccc1Oc1coc2cc(OCc3cccc4ccccc34)ccc2c1=O. The molecule has 1 heterocycles. The molecule has 5 aromatic rings. The Morgan fingerprint density at radius 1 is 0.758 bits per heavy atom. The minimum absolute atomic E-state index is 0.0964. The third-order valence-corrected chi connectivity index (χ3v) is 5.36. The maximum Gasteiger partial charge on any atom is 0.235 e. The number of para-hydroxylation sites is 2. The molecule has 0 atom stereocenters. The second kappa shape index (κ2) is 9.09. The van der Waals surface area contributed by atoms with Crippen LogP contribution in [0.1, 0.15) is 12.5 Å². The molecule has 0 unspecified atom stereocenters. The van der Waals surface area contributed by atoms with Gasteiger partial charge in [-0.15, -0.1) is 0 Å². The van der Waals surface area contributed by atoms with E-state index in [0.717, 1.165) is 10.9 Å². The largest absolute Gasteiger partial charge is 0.490 e. The first-order valence-corrected chi connectivity index (χ1v) is 10.8. The molecule has 0 fully saturated rings. The van der Waals surface area contributed by atoms with Gasteiger partial charge in [-0.3, -0.25) is 4.79 Å². The molecule has 0 radical (unpaired) electrons. The van der Waals surface area contributed by atoms with Gasteiger partial charge in [-0.05, 0) is 47.5 Å². The summed E-state index contributed by atoms with van der Waals surface area (Å²) in [6, 6.07) is 26.7. The molecule has 0 saturated carbocycles. The highest BCUT2D eigenvalue weighted by molar-refractivity contribution is 5.85. The lowest BCUT2D eigenvalue weighted by atomic mass is 10.1. The van der Waals surface area contributed by atoms with Gasteiger partial charge in [0.05, 0.1) is 12.0 Å². The number of rotatable bonds is 7. The molecule has 0 aliphatic carbocycles. The van der Waals surface area contributed by atoms with Crippen LogP contribution in [0.4, 0.5) is 0 Å². The molecule has 5 heteroatoms. The van der Waals surface area contributed by atoms with E-state index in [2.05, 4.69) is 18.2 Å². The van der Waals surface area contributed by atoms with Crippen molar-refractivity contribution in [3.05, 3.63) is 107 Å². The minimum atomic E-state index is -0.261. The second-order valence-corrected chi connectivity index (χ2v) is 7.50. The molecular weight excluding hydrogens is 416 g/mol. The van der Waals surface area contributed by atoms with Gasteiger partial charge in [-0.2, -0.15) is 0 Å². The summed E-state index contributed by atoms with van der Waals surface area (Å²) in [5, 5.41) is 2.74. The summed E-state index contributed by atoms with van der Waals surface area (Å²) in [7, 11) is 0. The Hall–Kier alpha value is -4.25.